The summed E-state index contributed by atoms with van der Waals surface area (Å²) >= 11 is 0. The number of likely N-dealkylation sites (tertiary alicyclic amines) is 1. The molecule has 2 aromatic rings. The Morgan fingerprint density at radius 2 is 2.04 bits per heavy atom. The summed E-state index contributed by atoms with van der Waals surface area (Å²) < 4.78 is 1.79. The molecular weight excluding hydrogens is 318 g/mol. The Morgan fingerprint density at radius 1 is 1.28 bits per heavy atom. The molecule has 132 valence electrons. The zero-order valence-corrected chi connectivity index (χ0v) is 14.6. The van der Waals surface area contributed by atoms with E-state index in [1.165, 1.54) is 0 Å². The van der Waals surface area contributed by atoms with Gasteiger partial charge < -0.3 is 10.2 Å². The smallest absolute Gasteiger partial charge is 0.223 e. The first-order chi connectivity index (χ1) is 12.0. The van der Waals surface area contributed by atoms with Gasteiger partial charge in [-0.15, -0.1) is 0 Å². The molecule has 0 aromatic carbocycles. The van der Waals surface area contributed by atoms with E-state index >= 15 is 0 Å². The fraction of sp³-hybridized carbons (Fsp3) is 0.444. The van der Waals surface area contributed by atoms with Crippen LogP contribution in [0, 0.1) is 5.92 Å². The van der Waals surface area contributed by atoms with E-state index in [-0.39, 0.29) is 17.7 Å². The van der Waals surface area contributed by atoms with Crippen LogP contribution in [0.4, 0.5) is 0 Å². The van der Waals surface area contributed by atoms with Crippen molar-refractivity contribution in [3.63, 3.8) is 0 Å². The summed E-state index contributed by atoms with van der Waals surface area (Å²) in [6.45, 7) is 3.34. The third kappa shape index (κ3) is 4.04. The first-order valence-corrected chi connectivity index (χ1v) is 8.50. The van der Waals surface area contributed by atoms with Gasteiger partial charge in [0.2, 0.25) is 11.8 Å². The number of carbonyl (C=O) groups excluding carboxylic acids is 2. The number of hydrogen-bond acceptors (Lipinski definition) is 4. The largest absolute Gasteiger partial charge is 0.352 e. The van der Waals surface area contributed by atoms with Crippen molar-refractivity contribution in [3.8, 4) is 11.3 Å². The van der Waals surface area contributed by atoms with Crippen LogP contribution < -0.4 is 5.32 Å². The van der Waals surface area contributed by atoms with Crippen molar-refractivity contribution < 1.29 is 9.59 Å². The zero-order chi connectivity index (χ0) is 17.8. The van der Waals surface area contributed by atoms with E-state index in [1.807, 2.05) is 19.2 Å². The molecule has 2 amide bonds. The first kappa shape index (κ1) is 17.1. The molecule has 0 saturated carbocycles. The summed E-state index contributed by atoms with van der Waals surface area (Å²) in [5.41, 5.74) is 2.91. The quantitative estimate of drug-likeness (QED) is 0.910. The number of hydrogen-bond donors (Lipinski definition) is 1. The number of pyridine rings is 1. The highest BCUT2D eigenvalue weighted by Crippen LogP contribution is 2.19. The van der Waals surface area contributed by atoms with Gasteiger partial charge in [-0.1, -0.05) is 0 Å². The summed E-state index contributed by atoms with van der Waals surface area (Å²) in [6, 6.07) is 3.95. The molecule has 1 aliphatic rings. The minimum absolute atomic E-state index is 0.0242. The number of amides is 2. The normalized spacial score (nSPS) is 15.2. The maximum atomic E-state index is 12.4. The van der Waals surface area contributed by atoms with Crippen LogP contribution in [-0.4, -0.2) is 44.6 Å². The van der Waals surface area contributed by atoms with Crippen LogP contribution in [0.15, 0.2) is 30.7 Å². The molecule has 1 fully saturated rings. The van der Waals surface area contributed by atoms with Gasteiger partial charge in [0.15, 0.2) is 0 Å². The average molecular weight is 341 g/mol. The van der Waals surface area contributed by atoms with Gasteiger partial charge in [0.05, 0.1) is 5.69 Å². The third-order valence-corrected chi connectivity index (χ3v) is 4.69. The molecule has 3 rings (SSSR count). The van der Waals surface area contributed by atoms with Gasteiger partial charge >= 0.3 is 0 Å². The van der Waals surface area contributed by atoms with Crippen molar-refractivity contribution in [1.82, 2.24) is 25.0 Å². The predicted molar refractivity (Wildman–Crippen MR) is 93.3 cm³/mol. The summed E-state index contributed by atoms with van der Waals surface area (Å²) in [4.78, 5) is 29.8. The van der Waals surface area contributed by atoms with Crippen molar-refractivity contribution in [2.45, 2.75) is 26.3 Å². The van der Waals surface area contributed by atoms with Gasteiger partial charge in [-0.3, -0.25) is 19.3 Å². The maximum Gasteiger partial charge on any atom is 0.223 e. The predicted octanol–water partition coefficient (Wildman–Crippen LogP) is 1.36. The zero-order valence-electron chi connectivity index (χ0n) is 14.6. The fourth-order valence-electron chi connectivity index (χ4n) is 3.17. The van der Waals surface area contributed by atoms with Crippen LogP contribution in [0.25, 0.3) is 11.3 Å². The Hall–Kier alpha value is -2.70. The van der Waals surface area contributed by atoms with Crippen LogP contribution in [0.3, 0.4) is 0 Å². The van der Waals surface area contributed by atoms with Crippen molar-refractivity contribution in [2.24, 2.45) is 13.0 Å². The highest BCUT2D eigenvalue weighted by atomic mass is 16.2. The summed E-state index contributed by atoms with van der Waals surface area (Å²) in [7, 11) is 1.89. The molecule has 3 heterocycles. The Labute approximate surface area is 147 Å². The molecule has 7 heteroatoms. The second kappa shape index (κ2) is 7.46. The van der Waals surface area contributed by atoms with E-state index in [4.69, 9.17) is 0 Å². The summed E-state index contributed by atoms with van der Waals surface area (Å²) in [5.74, 6) is 0.106. The van der Waals surface area contributed by atoms with E-state index in [1.54, 1.807) is 35.1 Å². The maximum absolute atomic E-state index is 12.4. The number of aromatic nitrogens is 3. The lowest BCUT2D eigenvalue weighted by Gasteiger charge is -2.30. The monoisotopic (exact) mass is 341 g/mol. The summed E-state index contributed by atoms with van der Waals surface area (Å²) in [6.07, 6.45) is 6.74. The Balaban J connectivity index is 1.56. The number of carbonyl (C=O) groups is 2. The second-order valence-electron chi connectivity index (χ2n) is 6.42. The summed E-state index contributed by atoms with van der Waals surface area (Å²) in [5, 5.41) is 7.16. The van der Waals surface area contributed by atoms with Gasteiger partial charge in [0.25, 0.3) is 0 Å². The van der Waals surface area contributed by atoms with E-state index in [2.05, 4.69) is 15.4 Å². The van der Waals surface area contributed by atoms with Gasteiger partial charge in [0.1, 0.15) is 0 Å². The van der Waals surface area contributed by atoms with Crippen LogP contribution in [-0.2, 0) is 23.2 Å². The van der Waals surface area contributed by atoms with Crippen LogP contribution in [0.5, 0.6) is 0 Å². The van der Waals surface area contributed by atoms with E-state index in [0.29, 0.717) is 19.6 Å². The Morgan fingerprint density at radius 3 is 2.68 bits per heavy atom. The standard InChI is InChI=1S/C18H23N5O2/c1-13(24)23-7-4-15(5-8-23)18(25)20-11-14-9-16(12-19-10-14)17-3-6-21-22(17)2/h3,6,9-10,12,15H,4-5,7-8,11H2,1-2H3,(H,20,25). The molecule has 0 aliphatic carbocycles. The van der Waals surface area contributed by atoms with Gasteiger partial charge in [-0.05, 0) is 30.5 Å². The molecule has 0 atom stereocenters. The van der Waals surface area contributed by atoms with Crippen molar-refractivity contribution >= 4 is 11.8 Å². The molecule has 1 N–H and O–H groups in total. The lowest BCUT2D eigenvalue weighted by atomic mass is 9.96. The highest BCUT2D eigenvalue weighted by Gasteiger charge is 2.25. The number of rotatable bonds is 4. The number of nitrogens with one attached hydrogen (secondary N) is 1. The van der Waals surface area contributed by atoms with Gasteiger partial charge in [0, 0.05) is 63.7 Å². The van der Waals surface area contributed by atoms with Gasteiger partial charge in [-0.2, -0.15) is 5.10 Å². The molecule has 1 saturated heterocycles. The van der Waals surface area contributed by atoms with Crippen LogP contribution in [0.1, 0.15) is 25.3 Å². The number of aryl methyl sites for hydroxylation is 1. The fourth-order valence-corrected chi connectivity index (χ4v) is 3.17. The van der Waals surface area contributed by atoms with Crippen LogP contribution in [0.2, 0.25) is 0 Å². The minimum Gasteiger partial charge on any atom is -0.352 e. The topological polar surface area (TPSA) is 80.1 Å². The number of piperidine rings is 1. The second-order valence-corrected chi connectivity index (χ2v) is 6.42. The molecule has 25 heavy (non-hydrogen) atoms. The van der Waals surface area contributed by atoms with Crippen molar-refractivity contribution in [3.05, 3.63) is 36.3 Å². The van der Waals surface area contributed by atoms with E-state index in [9.17, 15) is 9.59 Å². The van der Waals surface area contributed by atoms with Crippen molar-refractivity contribution in [2.75, 3.05) is 13.1 Å². The minimum atomic E-state index is -0.0242. The molecule has 0 radical (unpaired) electrons. The van der Waals surface area contributed by atoms with Crippen LogP contribution >= 0.6 is 0 Å². The molecule has 0 bridgehead atoms. The molecule has 7 nitrogen and oxygen atoms in total. The molecule has 0 spiro atoms. The third-order valence-electron chi connectivity index (χ3n) is 4.69. The molecule has 1 aliphatic heterocycles. The molecular formula is C18H23N5O2. The van der Waals surface area contributed by atoms with E-state index in [0.717, 1.165) is 29.7 Å². The first-order valence-electron chi connectivity index (χ1n) is 8.50. The lowest BCUT2D eigenvalue weighted by molar-refractivity contribution is -0.134. The highest BCUT2D eigenvalue weighted by molar-refractivity contribution is 5.79. The van der Waals surface area contributed by atoms with Gasteiger partial charge in [-0.25, -0.2) is 0 Å². The SMILES string of the molecule is CC(=O)N1CCC(C(=O)NCc2cncc(-c3ccnn3C)c2)CC1. The Bertz CT molecular complexity index is 762. The molecule has 2 aromatic heterocycles. The van der Waals surface area contributed by atoms with Crippen molar-refractivity contribution in [1.29, 1.82) is 0 Å². The van der Waals surface area contributed by atoms with E-state index < -0.39 is 0 Å². The average Bonchev–Trinajstić information content (AvgIpc) is 3.06. The lowest BCUT2D eigenvalue weighted by Crippen LogP contribution is -2.42. The number of nitrogens with zero attached hydrogens (tertiary/aromatic N) is 4. The Kier molecular flexibility index (Phi) is 5.11. The molecule has 0 unspecified atom stereocenters.